The van der Waals surface area contributed by atoms with Crippen LogP contribution in [0.1, 0.15) is 29.8 Å². The highest BCUT2D eigenvalue weighted by Gasteiger charge is 2.56. The second-order valence-corrected chi connectivity index (χ2v) is 6.99. The van der Waals surface area contributed by atoms with Gasteiger partial charge in [0.05, 0.1) is 6.07 Å². The number of rotatable bonds is 5. The minimum absolute atomic E-state index is 0.126. The molecule has 27 heavy (non-hydrogen) atoms. The van der Waals surface area contributed by atoms with Gasteiger partial charge in [0, 0.05) is 37.6 Å². The third-order valence-electron chi connectivity index (χ3n) is 5.27. The zero-order valence-corrected chi connectivity index (χ0v) is 14.8. The number of nitrogens with one attached hydrogen (secondary N) is 1. The van der Waals surface area contributed by atoms with E-state index < -0.39 is 11.3 Å². The van der Waals surface area contributed by atoms with Crippen molar-refractivity contribution in [1.29, 1.82) is 5.26 Å². The van der Waals surface area contributed by atoms with E-state index in [4.69, 9.17) is 5.73 Å². The molecule has 1 saturated heterocycles. The molecule has 0 spiro atoms. The lowest BCUT2D eigenvalue weighted by Crippen LogP contribution is -2.35. The number of primary amides is 1. The molecule has 9 nitrogen and oxygen atoms in total. The molecule has 2 amide bonds. The van der Waals surface area contributed by atoms with Crippen LogP contribution in [-0.2, 0) is 11.8 Å². The van der Waals surface area contributed by atoms with E-state index in [0.29, 0.717) is 30.3 Å². The van der Waals surface area contributed by atoms with Crippen LogP contribution in [0, 0.1) is 22.7 Å². The lowest BCUT2D eigenvalue weighted by molar-refractivity contribution is -0.123. The normalized spacial score (nSPS) is 21.9. The number of aromatic nitrogens is 3. The largest absolute Gasteiger partial charge is 0.364 e. The zero-order valence-electron chi connectivity index (χ0n) is 14.8. The molecule has 138 valence electrons. The SMILES string of the molecule is Cn1nc(Nc2cc(N3CC[C@@](C#N)(C4CC4)C3=O)ccn2)cc1C(N)=O. The number of carbonyl (C=O) groups is 2. The number of aryl methyl sites for hydroxylation is 1. The van der Waals surface area contributed by atoms with E-state index in [1.165, 1.54) is 10.7 Å². The van der Waals surface area contributed by atoms with Gasteiger partial charge in [0.15, 0.2) is 5.82 Å². The number of amides is 2. The van der Waals surface area contributed by atoms with Crippen molar-refractivity contribution in [3.05, 3.63) is 30.1 Å². The Balaban J connectivity index is 1.57. The highest BCUT2D eigenvalue weighted by Crippen LogP contribution is 2.51. The second-order valence-electron chi connectivity index (χ2n) is 6.99. The molecule has 1 atom stereocenters. The lowest BCUT2D eigenvalue weighted by Gasteiger charge is -2.21. The summed E-state index contributed by atoms with van der Waals surface area (Å²) in [5.41, 5.74) is 5.37. The Hall–Kier alpha value is -3.41. The molecule has 1 aliphatic heterocycles. The first-order valence-electron chi connectivity index (χ1n) is 8.75. The third-order valence-corrected chi connectivity index (χ3v) is 5.27. The molecule has 3 heterocycles. The minimum Gasteiger partial charge on any atom is -0.364 e. The van der Waals surface area contributed by atoms with Crippen LogP contribution in [0.2, 0.25) is 0 Å². The molecule has 3 N–H and O–H groups in total. The van der Waals surface area contributed by atoms with E-state index in [0.717, 1.165) is 12.8 Å². The molecule has 2 aliphatic rings. The third kappa shape index (κ3) is 2.79. The van der Waals surface area contributed by atoms with Gasteiger partial charge in [-0.25, -0.2) is 4.98 Å². The molecule has 0 unspecified atom stereocenters. The Morgan fingerprint density at radius 2 is 2.19 bits per heavy atom. The smallest absolute Gasteiger partial charge is 0.267 e. The molecule has 4 rings (SSSR count). The van der Waals surface area contributed by atoms with Crippen LogP contribution >= 0.6 is 0 Å². The predicted molar refractivity (Wildman–Crippen MR) is 97.0 cm³/mol. The van der Waals surface area contributed by atoms with Crippen molar-refractivity contribution in [2.75, 3.05) is 16.8 Å². The molecule has 0 bridgehead atoms. The molecule has 2 aromatic heterocycles. The average Bonchev–Trinajstić information content (AvgIpc) is 3.35. The highest BCUT2D eigenvalue weighted by atomic mass is 16.2. The van der Waals surface area contributed by atoms with Crippen molar-refractivity contribution in [2.24, 2.45) is 24.1 Å². The van der Waals surface area contributed by atoms with Crippen LogP contribution in [0.3, 0.4) is 0 Å². The summed E-state index contributed by atoms with van der Waals surface area (Å²) in [6, 6.07) is 7.30. The average molecular weight is 365 g/mol. The molecule has 1 saturated carbocycles. The molecule has 9 heteroatoms. The monoisotopic (exact) mass is 365 g/mol. The van der Waals surface area contributed by atoms with Crippen molar-refractivity contribution in [1.82, 2.24) is 14.8 Å². The van der Waals surface area contributed by atoms with E-state index in [-0.39, 0.29) is 17.5 Å². The summed E-state index contributed by atoms with van der Waals surface area (Å²) in [4.78, 5) is 30.2. The molecular formula is C18H19N7O2. The van der Waals surface area contributed by atoms with Gasteiger partial charge in [0.1, 0.15) is 16.9 Å². The fraction of sp³-hybridized carbons (Fsp3) is 0.389. The molecule has 2 fully saturated rings. The summed E-state index contributed by atoms with van der Waals surface area (Å²) in [5.74, 6) is 0.386. The van der Waals surface area contributed by atoms with Crippen LogP contribution in [0.5, 0.6) is 0 Å². The van der Waals surface area contributed by atoms with Gasteiger partial charge in [-0.2, -0.15) is 10.4 Å². The van der Waals surface area contributed by atoms with Crippen molar-refractivity contribution < 1.29 is 9.59 Å². The van der Waals surface area contributed by atoms with Gasteiger partial charge in [-0.3, -0.25) is 14.3 Å². The summed E-state index contributed by atoms with van der Waals surface area (Å²) in [7, 11) is 1.62. The number of nitrogens with zero attached hydrogens (tertiary/aromatic N) is 5. The fourth-order valence-corrected chi connectivity index (χ4v) is 3.68. The minimum atomic E-state index is -0.881. The Morgan fingerprint density at radius 1 is 1.41 bits per heavy atom. The quantitative estimate of drug-likeness (QED) is 0.822. The summed E-state index contributed by atoms with van der Waals surface area (Å²) in [6.07, 6.45) is 4.03. The number of nitrogens with two attached hydrogens (primary N) is 1. The van der Waals surface area contributed by atoms with Gasteiger partial charge in [0.2, 0.25) is 5.91 Å². The number of hydrogen-bond donors (Lipinski definition) is 2. The van der Waals surface area contributed by atoms with Gasteiger partial charge in [-0.1, -0.05) is 0 Å². The second kappa shape index (κ2) is 6.09. The van der Waals surface area contributed by atoms with Crippen LogP contribution in [0.15, 0.2) is 24.4 Å². The van der Waals surface area contributed by atoms with Crippen LogP contribution in [0.25, 0.3) is 0 Å². The summed E-state index contributed by atoms with van der Waals surface area (Å²) < 4.78 is 1.38. The van der Waals surface area contributed by atoms with Gasteiger partial charge in [-0.15, -0.1) is 0 Å². The Labute approximate surface area is 155 Å². The Morgan fingerprint density at radius 3 is 2.81 bits per heavy atom. The number of hydrogen-bond acceptors (Lipinski definition) is 6. The van der Waals surface area contributed by atoms with Crippen molar-refractivity contribution in [2.45, 2.75) is 19.3 Å². The Kier molecular flexibility index (Phi) is 3.84. The van der Waals surface area contributed by atoms with E-state index in [2.05, 4.69) is 21.5 Å². The van der Waals surface area contributed by atoms with Crippen LogP contribution < -0.4 is 16.0 Å². The fourth-order valence-electron chi connectivity index (χ4n) is 3.68. The number of carbonyl (C=O) groups excluding carboxylic acids is 2. The summed E-state index contributed by atoms with van der Waals surface area (Å²) in [5, 5.41) is 16.8. The maximum absolute atomic E-state index is 12.9. The first kappa shape index (κ1) is 17.0. The highest BCUT2D eigenvalue weighted by molar-refractivity contribution is 6.02. The van der Waals surface area contributed by atoms with Gasteiger partial charge in [-0.05, 0) is 31.2 Å². The number of pyridine rings is 1. The Bertz CT molecular complexity index is 972. The van der Waals surface area contributed by atoms with Crippen LogP contribution in [0.4, 0.5) is 17.3 Å². The van der Waals surface area contributed by atoms with Crippen LogP contribution in [-0.4, -0.2) is 33.1 Å². The maximum Gasteiger partial charge on any atom is 0.267 e. The summed E-state index contributed by atoms with van der Waals surface area (Å²) >= 11 is 0. The predicted octanol–water partition coefficient (Wildman–Crippen LogP) is 1.31. The topological polar surface area (TPSA) is 130 Å². The maximum atomic E-state index is 12.9. The molecular weight excluding hydrogens is 346 g/mol. The van der Waals surface area contributed by atoms with Gasteiger partial charge < -0.3 is 16.0 Å². The van der Waals surface area contributed by atoms with Crippen molar-refractivity contribution >= 4 is 29.1 Å². The lowest BCUT2D eigenvalue weighted by atomic mass is 9.83. The number of anilines is 3. The zero-order chi connectivity index (χ0) is 19.2. The molecule has 2 aromatic rings. The van der Waals surface area contributed by atoms with Gasteiger partial charge in [0.25, 0.3) is 5.91 Å². The first-order valence-corrected chi connectivity index (χ1v) is 8.75. The number of nitriles is 1. The molecule has 0 radical (unpaired) electrons. The van der Waals surface area contributed by atoms with Crippen molar-refractivity contribution in [3.8, 4) is 6.07 Å². The van der Waals surface area contributed by atoms with Crippen molar-refractivity contribution in [3.63, 3.8) is 0 Å². The molecule has 0 aromatic carbocycles. The van der Waals surface area contributed by atoms with E-state index in [1.54, 1.807) is 30.3 Å². The first-order chi connectivity index (χ1) is 12.9. The standard InChI is InChI=1S/C18H19N7O2/c1-24-13(16(20)26)9-15(23-24)22-14-8-12(4-6-21-14)25-7-5-18(10-19,17(25)27)11-2-3-11/h4,6,8-9,11H,2-3,5,7H2,1H3,(H2,20,26)(H,21,22,23)/t18-/m1/s1. The van der Waals surface area contributed by atoms with E-state index >= 15 is 0 Å². The van der Waals surface area contributed by atoms with Gasteiger partial charge >= 0.3 is 0 Å². The van der Waals surface area contributed by atoms with E-state index in [1.807, 2.05) is 0 Å². The molecule has 1 aliphatic carbocycles. The van der Waals surface area contributed by atoms with E-state index in [9.17, 15) is 14.9 Å². The summed E-state index contributed by atoms with van der Waals surface area (Å²) in [6.45, 7) is 0.516.